The predicted molar refractivity (Wildman–Crippen MR) is 313 cm³/mol. The first-order chi connectivity index (χ1) is 34.2. The van der Waals surface area contributed by atoms with E-state index < -0.39 is 0 Å². The van der Waals surface area contributed by atoms with Gasteiger partial charge in [-0.2, -0.15) is 0 Å². The number of benzene rings is 7. The highest BCUT2D eigenvalue weighted by atomic mass is 16.3. The smallest absolute Gasteiger partial charge is 0.333 e. The van der Waals surface area contributed by atoms with E-state index in [1.54, 1.807) is 0 Å². The largest absolute Gasteiger partial charge is 0.455 e. The van der Waals surface area contributed by atoms with Crippen molar-refractivity contribution in [2.24, 2.45) is 0 Å². The summed E-state index contributed by atoms with van der Waals surface area (Å²) >= 11 is 0. The number of fused-ring (bicyclic) bond motifs is 18. The van der Waals surface area contributed by atoms with Crippen LogP contribution < -0.4 is 15.7 Å². The number of aromatic nitrogens is 1. The van der Waals surface area contributed by atoms with Crippen LogP contribution in [0.2, 0.25) is 0 Å². The zero-order chi connectivity index (χ0) is 51.2. The molecule has 9 aromatic rings. The Labute approximate surface area is 434 Å². The number of hydrogen-bond acceptors (Lipinski definition) is 2. The molecule has 7 aromatic carbocycles. The second-order valence-corrected chi connectivity index (χ2v) is 28.7. The molecule has 0 saturated carbocycles. The van der Waals surface area contributed by atoms with Crippen LogP contribution in [0.3, 0.4) is 0 Å². The first kappa shape index (κ1) is 45.6. The molecule has 2 aliphatic heterocycles. The summed E-state index contributed by atoms with van der Waals surface area (Å²) in [6.45, 7) is 38.7. The molecule has 0 N–H and O–H groups in total. The molecule has 0 bridgehead atoms. The van der Waals surface area contributed by atoms with Crippen LogP contribution in [0.5, 0.6) is 0 Å². The summed E-state index contributed by atoms with van der Waals surface area (Å²) in [5.41, 5.74) is 27.9. The van der Waals surface area contributed by atoms with Crippen molar-refractivity contribution >= 4 is 72.9 Å². The molecule has 5 aliphatic rings. The van der Waals surface area contributed by atoms with Crippen molar-refractivity contribution in [2.75, 3.05) is 4.81 Å². The minimum atomic E-state index is -0.224. The Balaban J connectivity index is 1.19. The molecule has 0 unspecified atom stereocenters. The summed E-state index contributed by atoms with van der Waals surface area (Å²) in [7, 11) is 0. The maximum atomic E-state index is 7.51. The highest BCUT2D eigenvalue weighted by molar-refractivity contribution is 6.94. The average molecular weight is 957 g/mol. The van der Waals surface area contributed by atoms with Gasteiger partial charge in [0.15, 0.2) is 0 Å². The zero-order valence-corrected chi connectivity index (χ0v) is 46.5. The minimum Gasteiger partial charge on any atom is -0.455 e. The lowest BCUT2D eigenvalue weighted by molar-refractivity contribution is 0.331. The van der Waals surface area contributed by atoms with Gasteiger partial charge in [0.05, 0.1) is 11.0 Å². The Morgan fingerprint density at radius 3 is 1.68 bits per heavy atom. The van der Waals surface area contributed by atoms with Gasteiger partial charge in [-0.25, -0.2) is 0 Å². The van der Waals surface area contributed by atoms with E-state index in [9.17, 15) is 0 Å². The fraction of sp³-hybridized carbons (Fsp3) is 0.391. The van der Waals surface area contributed by atoms with E-state index in [1.165, 1.54) is 153 Å². The fourth-order valence-corrected chi connectivity index (χ4v) is 15.0. The lowest BCUT2D eigenvalue weighted by Gasteiger charge is -2.43. The van der Waals surface area contributed by atoms with Gasteiger partial charge in [0.1, 0.15) is 11.2 Å². The number of anilines is 2. The molecule has 0 radical (unpaired) electrons. The SMILES string of the molecule is CC(C)(C)c1ccc(N2B3c4cc(C(C)(C)C)ccc4-n4c5cc6c(cc5c5c7c(oc8ccccc87)c(c3c54)-c3cc4c(cc32)-c2cc3c(cc2C4(C)C)C(C)(C)CCC3(C)C)C(C)(C)CCC6(C)C)cc1. The van der Waals surface area contributed by atoms with Crippen molar-refractivity contribution in [3.8, 4) is 27.9 Å². The summed E-state index contributed by atoms with van der Waals surface area (Å²) in [6, 6.07) is 41.8. The fourth-order valence-electron chi connectivity index (χ4n) is 15.0. The number of furan rings is 1. The van der Waals surface area contributed by atoms with Crippen LogP contribution in [0.4, 0.5) is 11.4 Å². The third kappa shape index (κ3) is 5.90. The van der Waals surface area contributed by atoms with Gasteiger partial charge < -0.3 is 13.8 Å². The van der Waals surface area contributed by atoms with E-state index in [2.05, 4.69) is 223 Å². The van der Waals surface area contributed by atoms with Crippen molar-refractivity contribution in [1.29, 1.82) is 0 Å². The normalized spacial score (nSPS) is 19.2. The Morgan fingerprint density at radius 2 is 1.04 bits per heavy atom. The van der Waals surface area contributed by atoms with Gasteiger partial charge in [-0.3, -0.25) is 0 Å². The van der Waals surface area contributed by atoms with Crippen LogP contribution in [-0.4, -0.2) is 11.4 Å². The molecule has 0 atom stereocenters. The van der Waals surface area contributed by atoms with Gasteiger partial charge in [-0.15, -0.1) is 0 Å². The molecule has 0 amide bonds. The second-order valence-electron chi connectivity index (χ2n) is 28.7. The van der Waals surface area contributed by atoms with Crippen molar-refractivity contribution in [1.82, 2.24) is 4.57 Å². The van der Waals surface area contributed by atoms with Crippen molar-refractivity contribution < 1.29 is 4.42 Å². The second kappa shape index (κ2) is 13.8. The number of nitrogens with zero attached hydrogens (tertiary/aromatic N) is 2. The lowest BCUT2D eigenvalue weighted by atomic mass is 9.43. The van der Waals surface area contributed by atoms with Gasteiger partial charge in [-0.05, 0) is 179 Å². The topological polar surface area (TPSA) is 21.3 Å². The molecule has 73 heavy (non-hydrogen) atoms. The first-order valence-corrected chi connectivity index (χ1v) is 27.6. The maximum absolute atomic E-state index is 7.51. The Morgan fingerprint density at radius 1 is 0.493 bits per heavy atom. The lowest BCUT2D eigenvalue weighted by Crippen LogP contribution is -2.60. The van der Waals surface area contributed by atoms with E-state index in [4.69, 9.17) is 4.42 Å². The van der Waals surface area contributed by atoms with Crippen LogP contribution in [0.1, 0.15) is 181 Å². The van der Waals surface area contributed by atoms with Crippen molar-refractivity contribution in [2.45, 2.75) is 174 Å². The molecule has 4 heteroatoms. The van der Waals surface area contributed by atoms with Crippen LogP contribution in [0, 0.1) is 0 Å². The average Bonchev–Trinajstić information content (AvgIpc) is 3.95. The van der Waals surface area contributed by atoms with E-state index >= 15 is 0 Å². The molecular formula is C69H73BN2O. The molecule has 3 aliphatic carbocycles. The van der Waals surface area contributed by atoms with Crippen molar-refractivity contribution in [3.05, 3.63) is 148 Å². The van der Waals surface area contributed by atoms with Gasteiger partial charge in [0, 0.05) is 55.1 Å². The summed E-state index contributed by atoms with van der Waals surface area (Å²) in [5.74, 6) is 0. The van der Waals surface area contributed by atoms with Gasteiger partial charge in [0.25, 0.3) is 0 Å². The van der Waals surface area contributed by atoms with E-state index in [1.807, 2.05) is 0 Å². The summed E-state index contributed by atoms with van der Waals surface area (Å²) in [6.07, 6.45) is 4.72. The van der Waals surface area contributed by atoms with E-state index in [0.29, 0.717) is 0 Å². The van der Waals surface area contributed by atoms with Gasteiger partial charge >= 0.3 is 6.85 Å². The van der Waals surface area contributed by atoms with Crippen LogP contribution in [0.15, 0.2) is 108 Å². The van der Waals surface area contributed by atoms with Gasteiger partial charge in [-0.1, -0.05) is 159 Å². The van der Waals surface area contributed by atoms with Crippen LogP contribution >= 0.6 is 0 Å². The molecule has 4 heterocycles. The van der Waals surface area contributed by atoms with Gasteiger partial charge in [0.2, 0.25) is 0 Å². The predicted octanol–water partition coefficient (Wildman–Crippen LogP) is 17.5. The van der Waals surface area contributed by atoms with Crippen LogP contribution in [-0.2, 0) is 37.9 Å². The minimum absolute atomic E-state index is 0.0177. The molecular weight excluding hydrogens is 884 g/mol. The monoisotopic (exact) mass is 957 g/mol. The zero-order valence-electron chi connectivity index (χ0n) is 46.5. The Kier molecular flexibility index (Phi) is 8.64. The third-order valence-corrected chi connectivity index (χ3v) is 19.8. The Hall–Kier alpha value is -6.00. The standard InChI is InChI=1S/C69H73BN2O/c1-63(2,3)38-21-24-40(25-22-38)72-55-35-43-42-32-48-50(67(11,12)29-27-65(48,7)8)36-47(42)69(15,16)46(43)33-45(55)59-60-61-57(58-41-19-17-18-20-56(41)73-62(58)59)44-34-49-51(68(13,14)30-28-66(49,9)10)37-54(44)71(61)53-26-23-39(64(4,5)6)31-52(53)70(60)72/h17-26,31-37H,27-30H2,1-16H3. The molecule has 3 nitrogen and oxygen atoms in total. The molecule has 368 valence electrons. The van der Waals surface area contributed by atoms with E-state index in [0.717, 1.165) is 11.2 Å². The summed E-state index contributed by atoms with van der Waals surface area (Å²) in [4.78, 5) is 2.76. The first-order valence-electron chi connectivity index (χ1n) is 27.6. The number of hydrogen-bond donors (Lipinski definition) is 0. The maximum Gasteiger partial charge on any atom is 0.333 e. The molecule has 0 saturated heterocycles. The Bertz CT molecular complexity index is 3960. The summed E-state index contributed by atoms with van der Waals surface area (Å²) in [5, 5.41) is 5.08. The molecule has 14 rings (SSSR count). The van der Waals surface area contributed by atoms with Crippen LogP contribution in [0.25, 0.3) is 71.7 Å². The molecule has 2 aromatic heterocycles. The highest BCUT2D eigenvalue weighted by Gasteiger charge is 2.50. The summed E-state index contributed by atoms with van der Waals surface area (Å²) < 4.78 is 10.2. The molecule has 0 spiro atoms. The van der Waals surface area contributed by atoms with E-state index in [-0.39, 0.29) is 44.8 Å². The number of para-hydroxylation sites is 1. The number of rotatable bonds is 1. The quantitative estimate of drug-likeness (QED) is 0.153. The molecule has 0 fully saturated rings. The van der Waals surface area contributed by atoms with Crippen molar-refractivity contribution in [3.63, 3.8) is 0 Å². The highest BCUT2D eigenvalue weighted by Crippen LogP contribution is 2.59. The third-order valence-electron chi connectivity index (χ3n) is 19.8.